The number of carboxylic acids is 1. The van der Waals surface area contributed by atoms with E-state index in [-0.39, 0.29) is 18.7 Å². The van der Waals surface area contributed by atoms with E-state index in [1.165, 1.54) is 23.1 Å². The predicted octanol–water partition coefficient (Wildman–Crippen LogP) is 1.26. The molecule has 0 aromatic heterocycles. The largest absolute Gasteiger partial charge is 0.481 e. The first-order valence-corrected chi connectivity index (χ1v) is 4.90. The third-order valence-electron chi connectivity index (χ3n) is 2.65. The van der Waals surface area contributed by atoms with Crippen molar-refractivity contribution in [3.8, 4) is 0 Å². The highest BCUT2D eigenvalue weighted by Crippen LogP contribution is 2.27. The van der Waals surface area contributed by atoms with E-state index in [0.717, 1.165) is 0 Å². The molecule has 1 amide bonds. The quantitative estimate of drug-likeness (QED) is 0.768. The van der Waals surface area contributed by atoms with Crippen molar-refractivity contribution in [3.05, 3.63) is 30.1 Å². The second kappa shape index (κ2) is 3.92. The van der Waals surface area contributed by atoms with Crippen LogP contribution in [0.15, 0.2) is 24.3 Å². The number of rotatable bonds is 2. The Kier molecular flexibility index (Phi) is 2.60. The number of amides is 1. The first-order chi connectivity index (χ1) is 7.61. The van der Waals surface area contributed by atoms with E-state index in [0.29, 0.717) is 0 Å². The van der Waals surface area contributed by atoms with Crippen LogP contribution in [0, 0.1) is 11.7 Å². The van der Waals surface area contributed by atoms with Crippen molar-refractivity contribution >= 4 is 17.6 Å². The van der Waals surface area contributed by atoms with E-state index in [1.807, 2.05) is 0 Å². The molecule has 1 aliphatic rings. The van der Waals surface area contributed by atoms with E-state index in [2.05, 4.69) is 0 Å². The van der Waals surface area contributed by atoms with Gasteiger partial charge in [-0.1, -0.05) is 12.1 Å². The molecule has 1 atom stereocenters. The molecule has 0 radical (unpaired) electrons. The standard InChI is InChI=1S/C11H10FNO3/c12-8-3-1-2-4-9(8)13-6-5-7(10(13)14)11(15)16/h1-4,7H,5-6H2,(H,15,16)/t7-/m1/s1. The van der Waals surface area contributed by atoms with Gasteiger partial charge >= 0.3 is 5.97 Å². The lowest BCUT2D eigenvalue weighted by Crippen LogP contribution is -2.30. The summed E-state index contributed by atoms with van der Waals surface area (Å²) >= 11 is 0. The fourth-order valence-corrected chi connectivity index (χ4v) is 1.82. The Labute approximate surface area is 91.3 Å². The molecule has 1 N–H and O–H groups in total. The minimum Gasteiger partial charge on any atom is -0.481 e. The molecule has 4 nitrogen and oxygen atoms in total. The summed E-state index contributed by atoms with van der Waals surface area (Å²) in [4.78, 5) is 23.6. The monoisotopic (exact) mass is 223 g/mol. The summed E-state index contributed by atoms with van der Waals surface area (Å²) in [6, 6.07) is 5.85. The average Bonchev–Trinajstić information content (AvgIpc) is 2.61. The summed E-state index contributed by atoms with van der Waals surface area (Å²) in [5, 5.41) is 8.78. The van der Waals surface area contributed by atoms with Crippen LogP contribution in [-0.2, 0) is 9.59 Å². The Morgan fingerprint density at radius 1 is 1.44 bits per heavy atom. The van der Waals surface area contributed by atoms with Gasteiger partial charge in [0.1, 0.15) is 11.7 Å². The van der Waals surface area contributed by atoms with Crippen LogP contribution in [0.5, 0.6) is 0 Å². The van der Waals surface area contributed by atoms with Crippen molar-refractivity contribution in [3.63, 3.8) is 0 Å². The lowest BCUT2D eigenvalue weighted by Gasteiger charge is -2.16. The van der Waals surface area contributed by atoms with Crippen LogP contribution < -0.4 is 4.90 Å². The number of para-hydroxylation sites is 1. The van der Waals surface area contributed by atoms with Gasteiger partial charge in [-0.2, -0.15) is 0 Å². The summed E-state index contributed by atoms with van der Waals surface area (Å²) in [5.74, 6) is -3.25. The van der Waals surface area contributed by atoms with Crippen molar-refractivity contribution in [1.29, 1.82) is 0 Å². The lowest BCUT2D eigenvalue weighted by molar-refractivity contribution is -0.144. The van der Waals surface area contributed by atoms with Crippen molar-refractivity contribution in [2.24, 2.45) is 5.92 Å². The topological polar surface area (TPSA) is 57.6 Å². The van der Waals surface area contributed by atoms with Crippen molar-refractivity contribution in [2.45, 2.75) is 6.42 Å². The van der Waals surface area contributed by atoms with Gasteiger partial charge in [0.25, 0.3) is 0 Å². The van der Waals surface area contributed by atoms with Crippen LogP contribution in [0.4, 0.5) is 10.1 Å². The highest BCUT2D eigenvalue weighted by Gasteiger charge is 2.38. The molecule has 0 unspecified atom stereocenters. The van der Waals surface area contributed by atoms with Gasteiger partial charge < -0.3 is 10.0 Å². The van der Waals surface area contributed by atoms with Gasteiger partial charge in [0.05, 0.1) is 5.69 Å². The predicted molar refractivity (Wildman–Crippen MR) is 54.5 cm³/mol. The Hall–Kier alpha value is -1.91. The van der Waals surface area contributed by atoms with Crippen LogP contribution >= 0.6 is 0 Å². The van der Waals surface area contributed by atoms with Crippen LogP contribution in [0.25, 0.3) is 0 Å². The van der Waals surface area contributed by atoms with Gasteiger partial charge in [0.15, 0.2) is 0 Å². The molecule has 5 heteroatoms. The Bertz CT molecular complexity index is 447. The van der Waals surface area contributed by atoms with Gasteiger partial charge in [-0.05, 0) is 18.6 Å². The van der Waals surface area contributed by atoms with Gasteiger partial charge in [-0.3, -0.25) is 9.59 Å². The summed E-state index contributed by atoms with van der Waals surface area (Å²) in [7, 11) is 0. The van der Waals surface area contributed by atoms with E-state index < -0.39 is 23.6 Å². The van der Waals surface area contributed by atoms with Crippen molar-refractivity contribution < 1.29 is 19.1 Å². The third kappa shape index (κ3) is 1.64. The number of hydrogen-bond acceptors (Lipinski definition) is 2. The third-order valence-corrected chi connectivity index (χ3v) is 2.65. The minimum atomic E-state index is -1.15. The second-order valence-corrected chi connectivity index (χ2v) is 3.62. The minimum absolute atomic E-state index is 0.149. The molecule has 1 aliphatic heterocycles. The Morgan fingerprint density at radius 3 is 2.69 bits per heavy atom. The molecule has 0 saturated carbocycles. The number of anilines is 1. The maximum absolute atomic E-state index is 13.4. The number of nitrogens with zero attached hydrogens (tertiary/aromatic N) is 1. The highest BCUT2D eigenvalue weighted by molar-refractivity contribution is 6.07. The van der Waals surface area contributed by atoms with E-state index in [9.17, 15) is 14.0 Å². The molecule has 0 bridgehead atoms. The second-order valence-electron chi connectivity index (χ2n) is 3.62. The molecule has 1 saturated heterocycles. The zero-order valence-corrected chi connectivity index (χ0v) is 8.39. The maximum atomic E-state index is 13.4. The summed E-state index contributed by atoms with van der Waals surface area (Å²) < 4.78 is 13.4. The number of carbonyl (C=O) groups is 2. The van der Waals surface area contributed by atoms with E-state index in [1.54, 1.807) is 6.07 Å². The molecule has 16 heavy (non-hydrogen) atoms. The molecule has 1 heterocycles. The van der Waals surface area contributed by atoms with Gasteiger partial charge in [0, 0.05) is 6.54 Å². The SMILES string of the molecule is O=C(O)[C@@H]1CCN(c2ccccc2F)C1=O. The maximum Gasteiger partial charge on any atom is 0.316 e. The molecule has 0 spiro atoms. The van der Waals surface area contributed by atoms with Crippen LogP contribution in [-0.4, -0.2) is 23.5 Å². The number of hydrogen-bond donors (Lipinski definition) is 1. The molecular weight excluding hydrogens is 213 g/mol. The number of halogens is 1. The van der Waals surface area contributed by atoms with Gasteiger partial charge in [0.2, 0.25) is 5.91 Å². The fraction of sp³-hybridized carbons (Fsp3) is 0.273. The first kappa shape index (κ1) is 10.6. The smallest absolute Gasteiger partial charge is 0.316 e. The Balaban J connectivity index is 2.29. The normalized spacial score (nSPS) is 20.2. The summed E-state index contributed by atoms with van der Waals surface area (Å²) in [5.41, 5.74) is 0.149. The molecule has 84 valence electrons. The van der Waals surface area contributed by atoms with Crippen LogP contribution in [0.2, 0.25) is 0 Å². The molecule has 1 aromatic carbocycles. The lowest BCUT2D eigenvalue weighted by atomic mass is 10.1. The zero-order chi connectivity index (χ0) is 11.7. The van der Waals surface area contributed by atoms with Crippen molar-refractivity contribution in [1.82, 2.24) is 0 Å². The average molecular weight is 223 g/mol. The molecule has 1 fully saturated rings. The first-order valence-electron chi connectivity index (χ1n) is 4.90. The van der Waals surface area contributed by atoms with E-state index in [4.69, 9.17) is 5.11 Å². The number of aliphatic carboxylic acids is 1. The molecule has 0 aliphatic carbocycles. The number of carbonyl (C=O) groups excluding carboxylic acids is 1. The highest BCUT2D eigenvalue weighted by atomic mass is 19.1. The molecular formula is C11H10FNO3. The van der Waals surface area contributed by atoms with Crippen molar-refractivity contribution in [2.75, 3.05) is 11.4 Å². The summed E-state index contributed by atoms with van der Waals surface area (Å²) in [6.45, 7) is 0.247. The molecule has 2 rings (SSSR count). The summed E-state index contributed by atoms with van der Waals surface area (Å²) in [6.07, 6.45) is 0.225. The van der Waals surface area contributed by atoms with Crippen LogP contribution in [0.1, 0.15) is 6.42 Å². The fourth-order valence-electron chi connectivity index (χ4n) is 1.82. The van der Waals surface area contributed by atoms with E-state index >= 15 is 0 Å². The zero-order valence-electron chi connectivity index (χ0n) is 8.39. The van der Waals surface area contributed by atoms with Gasteiger partial charge in [-0.25, -0.2) is 4.39 Å². The number of benzene rings is 1. The number of carboxylic acid groups (broad SMARTS) is 1. The molecule has 1 aromatic rings. The van der Waals surface area contributed by atoms with Gasteiger partial charge in [-0.15, -0.1) is 0 Å². The Morgan fingerprint density at radius 2 is 2.12 bits per heavy atom. The van der Waals surface area contributed by atoms with Crippen LogP contribution in [0.3, 0.4) is 0 Å².